The monoisotopic (exact) mass is 332 g/mol. The van der Waals surface area contributed by atoms with Gasteiger partial charge < -0.3 is 4.84 Å². The minimum Gasteiger partial charge on any atom is -0.402 e. The zero-order chi connectivity index (χ0) is 11.3. The van der Waals surface area contributed by atoms with Crippen molar-refractivity contribution in [3.63, 3.8) is 0 Å². The highest BCUT2D eigenvalue weighted by Gasteiger charge is 2.06. The fraction of sp³-hybridized carbons (Fsp3) is 0.200. The second-order valence-electron chi connectivity index (χ2n) is 2.90. The molecule has 0 unspecified atom stereocenters. The zero-order valence-electron chi connectivity index (χ0n) is 8.11. The summed E-state index contributed by atoms with van der Waals surface area (Å²) in [6, 6.07) is 7.82. The lowest BCUT2D eigenvalue weighted by Crippen LogP contribution is -2.17. The highest BCUT2D eigenvalue weighted by atomic mass is 127. The zero-order valence-corrected chi connectivity index (χ0v) is 11.1. The van der Waals surface area contributed by atoms with Crippen LogP contribution in [0.15, 0.2) is 18.2 Å². The van der Waals surface area contributed by atoms with Crippen molar-refractivity contribution in [1.29, 1.82) is 5.26 Å². The maximum atomic E-state index is 8.91. The van der Waals surface area contributed by atoms with Crippen LogP contribution in [0.2, 0.25) is 0 Å². The van der Waals surface area contributed by atoms with Gasteiger partial charge in [0.15, 0.2) is 5.55 Å². The lowest BCUT2D eigenvalue weighted by molar-refractivity contribution is -0.0446. The van der Waals surface area contributed by atoms with Crippen molar-refractivity contribution < 1.29 is 4.84 Å². The average molecular weight is 332 g/mol. The van der Waals surface area contributed by atoms with Crippen molar-refractivity contribution in [3.8, 4) is 6.07 Å². The van der Waals surface area contributed by atoms with Gasteiger partial charge in [-0.05, 0) is 58.6 Å². The molecule has 0 aliphatic carbocycles. The van der Waals surface area contributed by atoms with Gasteiger partial charge in [-0.25, -0.2) is 0 Å². The Kier molecular flexibility index (Phi) is 4.94. The van der Waals surface area contributed by atoms with Gasteiger partial charge in [-0.1, -0.05) is 0 Å². The third kappa shape index (κ3) is 3.74. The SMILES string of the molecule is CN(Cc1cc(I)ccc1C#N)OC=S. The molecule has 0 amide bonds. The molecular weight excluding hydrogens is 323 g/mol. The number of halogens is 1. The fourth-order valence-electron chi connectivity index (χ4n) is 1.15. The summed E-state index contributed by atoms with van der Waals surface area (Å²) >= 11 is 6.79. The van der Waals surface area contributed by atoms with Gasteiger partial charge in [0, 0.05) is 10.6 Å². The van der Waals surface area contributed by atoms with E-state index in [1.165, 1.54) is 5.55 Å². The molecule has 5 heteroatoms. The van der Waals surface area contributed by atoms with Gasteiger partial charge in [-0.3, -0.25) is 0 Å². The smallest absolute Gasteiger partial charge is 0.174 e. The van der Waals surface area contributed by atoms with E-state index < -0.39 is 0 Å². The largest absolute Gasteiger partial charge is 0.402 e. The third-order valence-corrected chi connectivity index (χ3v) is 2.56. The van der Waals surface area contributed by atoms with Crippen molar-refractivity contribution in [2.75, 3.05) is 7.05 Å². The fourth-order valence-corrected chi connectivity index (χ4v) is 1.86. The Bertz CT molecular complexity index is 403. The van der Waals surface area contributed by atoms with Crippen molar-refractivity contribution in [2.24, 2.45) is 0 Å². The lowest BCUT2D eigenvalue weighted by atomic mass is 10.1. The molecule has 1 aromatic rings. The first-order chi connectivity index (χ1) is 7.17. The lowest BCUT2D eigenvalue weighted by Gasteiger charge is -2.14. The predicted molar refractivity (Wildman–Crippen MR) is 70.1 cm³/mol. The molecule has 0 atom stereocenters. The van der Waals surface area contributed by atoms with Crippen molar-refractivity contribution >= 4 is 40.4 Å². The first-order valence-electron chi connectivity index (χ1n) is 4.17. The highest BCUT2D eigenvalue weighted by Crippen LogP contribution is 2.14. The predicted octanol–water partition coefficient (Wildman–Crippen LogP) is 2.48. The van der Waals surface area contributed by atoms with E-state index >= 15 is 0 Å². The summed E-state index contributed by atoms with van der Waals surface area (Å²) in [5, 5.41) is 10.5. The molecule has 1 aromatic carbocycles. The second-order valence-corrected chi connectivity index (χ2v) is 4.34. The van der Waals surface area contributed by atoms with Crippen LogP contribution in [-0.4, -0.2) is 17.7 Å². The number of hydrogen-bond donors (Lipinski definition) is 0. The van der Waals surface area contributed by atoms with E-state index in [2.05, 4.69) is 40.9 Å². The number of rotatable bonds is 4. The normalized spacial score (nSPS) is 9.73. The minimum absolute atomic E-state index is 0.535. The summed E-state index contributed by atoms with van der Waals surface area (Å²) in [6.45, 7) is 0.535. The van der Waals surface area contributed by atoms with Crippen LogP contribution in [0.4, 0.5) is 0 Å². The Morgan fingerprint density at radius 1 is 1.67 bits per heavy atom. The number of hydroxylamine groups is 2. The molecule has 0 saturated carbocycles. The molecule has 0 aliphatic rings. The third-order valence-electron chi connectivity index (χ3n) is 1.80. The number of nitriles is 1. The molecule has 15 heavy (non-hydrogen) atoms. The van der Waals surface area contributed by atoms with Crippen LogP contribution >= 0.6 is 34.8 Å². The summed E-state index contributed by atoms with van der Waals surface area (Å²) in [7, 11) is 1.77. The van der Waals surface area contributed by atoms with Gasteiger partial charge in [0.25, 0.3) is 0 Å². The summed E-state index contributed by atoms with van der Waals surface area (Å²) in [5.41, 5.74) is 2.79. The molecule has 3 nitrogen and oxygen atoms in total. The first-order valence-corrected chi connectivity index (χ1v) is 5.72. The van der Waals surface area contributed by atoms with E-state index in [1.54, 1.807) is 12.1 Å². The molecule has 0 heterocycles. The molecule has 1 rings (SSSR count). The van der Waals surface area contributed by atoms with E-state index in [9.17, 15) is 0 Å². The summed E-state index contributed by atoms with van der Waals surface area (Å²) in [4.78, 5) is 5.00. The molecule has 0 aliphatic heterocycles. The van der Waals surface area contributed by atoms with E-state index in [-0.39, 0.29) is 0 Å². The molecule has 78 valence electrons. The van der Waals surface area contributed by atoms with Crippen LogP contribution in [0.1, 0.15) is 11.1 Å². The van der Waals surface area contributed by atoms with E-state index in [1.807, 2.05) is 18.2 Å². The molecule has 0 aromatic heterocycles. The van der Waals surface area contributed by atoms with Gasteiger partial charge in [0.05, 0.1) is 18.2 Å². The summed E-state index contributed by atoms with van der Waals surface area (Å²) in [6.07, 6.45) is 0. The van der Waals surface area contributed by atoms with E-state index in [0.717, 1.165) is 9.13 Å². The van der Waals surface area contributed by atoms with E-state index in [0.29, 0.717) is 12.1 Å². The number of benzene rings is 1. The Labute approximate surface area is 108 Å². The minimum atomic E-state index is 0.535. The second kappa shape index (κ2) is 6.00. The van der Waals surface area contributed by atoms with Crippen LogP contribution in [0.5, 0.6) is 0 Å². The maximum Gasteiger partial charge on any atom is 0.174 e. The number of nitrogens with zero attached hydrogens (tertiary/aromatic N) is 2. The molecule has 0 radical (unpaired) electrons. The van der Waals surface area contributed by atoms with Gasteiger partial charge in [0.2, 0.25) is 0 Å². The van der Waals surface area contributed by atoms with Gasteiger partial charge in [0.1, 0.15) is 0 Å². The first kappa shape index (κ1) is 12.4. The summed E-state index contributed by atoms with van der Waals surface area (Å²) in [5.74, 6) is 0. The number of hydrogen-bond acceptors (Lipinski definition) is 4. The van der Waals surface area contributed by atoms with Crippen LogP contribution in [-0.2, 0) is 11.4 Å². The quantitative estimate of drug-likeness (QED) is 0.482. The van der Waals surface area contributed by atoms with Crippen LogP contribution < -0.4 is 0 Å². The van der Waals surface area contributed by atoms with Crippen molar-refractivity contribution in [2.45, 2.75) is 6.54 Å². The molecule has 0 spiro atoms. The molecule has 0 fully saturated rings. The average Bonchev–Trinajstić information content (AvgIpc) is 2.18. The van der Waals surface area contributed by atoms with Crippen molar-refractivity contribution in [1.82, 2.24) is 5.06 Å². The van der Waals surface area contributed by atoms with Crippen molar-refractivity contribution in [3.05, 3.63) is 32.9 Å². The van der Waals surface area contributed by atoms with Crippen LogP contribution in [0, 0.1) is 14.9 Å². The molecular formula is C10H9IN2OS. The molecule has 0 bridgehead atoms. The Morgan fingerprint density at radius 3 is 3.00 bits per heavy atom. The standard InChI is InChI=1S/C10H9IN2OS/c1-13(14-7-15)6-9-4-10(11)3-2-8(9)5-12/h2-4,7H,6H2,1H3. The van der Waals surface area contributed by atoms with Gasteiger partial charge in [-0.2, -0.15) is 5.26 Å². The Morgan fingerprint density at radius 2 is 2.40 bits per heavy atom. The van der Waals surface area contributed by atoms with Gasteiger partial charge >= 0.3 is 0 Å². The molecule has 0 saturated heterocycles. The van der Waals surface area contributed by atoms with Gasteiger partial charge in [-0.15, -0.1) is 5.06 Å². The Hall–Kier alpha value is -0.710. The van der Waals surface area contributed by atoms with Crippen LogP contribution in [0.3, 0.4) is 0 Å². The topological polar surface area (TPSA) is 36.3 Å². The summed E-state index contributed by atoms with van der Waals surface area (Å²) < 4.78 is 1.09. The highest BCUT2D eigenvalue weighted by molar-refractivity contribution is 14.1. The molecule has 0 N–H and O–H groups in total. The number of thiocarbonyl (C=S) groups is 1. The van der Waals surface area contributed by atoms with E-state index in [4.69, 9.17) is 10.1 Å². The maximum absolute atomic E-state index is 8.91. The Balaban J connectivity index is 2.88. The van der Waals surface area contributed by atoms with Crippen LogP contribution in [0.25, 0.3) is 0 Å².